The third kappa shape index (κ3) is 3.33. The van der Waals surface area contributed by atoms with Crippen molar-refractivity contribution in [2.24, 2.45) is 0 Å². The van der Waals surface area contributed by atoms with Crippen molar-refractivity contribution in [2.45, 2.75) is 0 Å². The molecule has 1 heterocycles. The van der Waals surface area contributed by atoms with Gasteiger partial charge in [0.05, 0.1) is 15.8 Å². The zero-order chi connectivity index (χ0) is 15.0. The van der Waals surface area contributed by atoms with Crippen molar-refractivity contribution in [2.75, 3.05) is 0 Å². The first-order valence-electron chi connectivity index (χ1n) is 5.83. The van der Waals surface area contributed by atoms with Crippen LogP contribution in [0.2, 0.25) is 0 Å². The van der Waals surface area contributed by atoms with Crippen LogP contribution >= 0.6 is 35.1 Å². The third-order valence-electron chi connectivity index (χ3n) is 2.68. The molecule has 5 nitrogen and oxygen atoms in total. The molecule has 0 unspecified atom stereocenters. The number of rotatable bonds is 3. The second kappa shape index (κ2) is 5.51. The molecular formula is C13H9BrNO4PS. The van der Waals surface area contributed by atoms with Gasteiger partial charge < -0.3 is 4.52 Å². The molecule has 0 aliphatic rings. The number of para-hydroxylation sites is 1. The number of aromatic nitrogens is 1. The van der Waals surface area contributed by atoms with Gasteiger partial charge in [0.25, 0.3) is 0 Å². The Balaban J connectivity index is 2.15. The molecule has 3 rings (SSSR count). The SMILES string of the molecule is O=P(O)(O)Oc1ccc(Br)cc1-c1nc2ccccc2s1. The number of phosphoric ester groups is 1. The van der Waals surface area contributed by atoms with Gasteiger partial charge in [-0.05, 0) is 30.3 Å². The predicted octanol–water partition coefficient (Wildman–Crippen LogP) is 4.20. The molecule has 2 aromatic carbocycles. The first-order valence-corrected chi connectivity index (χ1v) is 8.97. The summed E-state index contributed by atoms with van der Waals surface area (Å²) < 4.78 is 17.6. The van der Waals surface area contributed by atoms with Crippen LogP contribution < -0.4 is 4.52 Å². The van der Waals surface area contributed by atoms with Crippen LogP contribution in [0.25, 0.3) is 20.8 Å². The van der Waals surface area contributed by atoms with Gasteiger partial charge >= 0.3 is 7.82 Å². The molecule has 2 N–H and O–H groups in total. The van der Waals surface area contributed by atoms with Crippen molar-refractivity contribution in [3.05, 3.63) is 46.9 Å². The zero-order valence-corrected chi connectivity index (χ0v) is 13.7. The topological polar surface area (TPSA) is 79.7 Å². The Labute approximate surface area is 132 Å². The molecule has 0 saturated heterocycles. The maximum absolute atomic E-state index is 11.1. The number of thiazole rings is 1. The highest BCUT2D eigenvalue weighted by Crippen LogP contribution is 2.44. The Hall–Kier alpha value is -1.24. The van der Waals surface area contributed by atoms with Crippen molar-refractivity contribution >= 4 is 45.3 Å². The number of phosphoric acid groups is 1. The summed E-state index contributed by atoms with van der Waals surface area (Å²) in [5, 5.41) is 0.640. The van der Waals surface area contributed by atoms with Gasteiger partial charge in [-0.25, -0.2) is 9.55 Å². The summed E-state index contributed by atoms with van der Waals surface area (Å²) in [5.41, 5.74) is 1.37. The van der Waals surface area contributed by atoms with E-state index in [9.17, 15) is 4.57 Å². The minimum absolute atomic E-state index is 0.102. The van der Waals surface area contributed by atoms with Crippen LogP contribution in [-0.2, 0) is 4.57 Å². The fraction of sp³-hybridized carbons (Fsp3) is 0. The van der Waals surface area contributed by atoms with Crippen molar-refractivity contribution < 1.29 is 18.9 Å². The highest BCUT2D eigenvalue weighted by Gasteiger charge is 2.20. The van der Waals surface area contributed by atoms with Crippen LogP contribution in [0.3, 0.4) is 0 Å². The molecule has 0 aliphatic heterocycles. The van der Waals surface area contributed by atoms with Gasteiger partial charge in [0.15, 0.2) is 0 Å². The van der Waals surface area contributed by atoms with E-state index in [1.54, 1.807) is 12.1 Å². The lowest BCUT2D eigenvalue weighted by Gasteiger charge is -2.10. The van der Waals surface area contributed by atoms with Gasteiger partial charge in [-0.3, -0.25) is 9.79 Å². The van der Waals surface area contributed by atoms with Crippen LogP contribution in [0.5, 0.6) is 5.75 Å². The summed E-state index contributed by atoms with van der Waals surface area (Å²) in [6.07, 6.45) is 0. The quantitative estimate of drug-likeness (QED) is 0.660. The molecule has 8 heteroatoms. The lowest BCUT2D eigenvalue weighted by Crippen LogP contribution is -1.92. The molecule has 0 bridgehead atoms. The van der Waals surface area contributed by atoms with E-state index in [2.05, 4.69) is 20.9 Å². The van der Waals surface area contributed by atoms with E-state index < -0.39 is 7.82 Å². The van der Waals surface area contributed by atoms with E-state index >= 15 is 0 Å². The summed E-state index contributed by atoms with van der Waals surface area (Å²) in [6.45, 7) is 0. The molecule has 0 atom stereocenters. The van der Waals surface area contributed by atoms with Crippen LogP contribution in [0.1, 0.15) is 0 Å². The molecule has 0 fully saturated rings. The zero-order valence-electron chi connectivity index (χ0n) is 10.4. The summed E-state index contributed by atoms with van der Waals surface area (Å²) in [7, 11) is -4.62. The lowest BCUT2D eigenvalue weighted by atomic mass is 10.2. The Kier molecular flexibility index (Phi) is 3.86. The first-order chi connectivity index (χ1) is 9.92. The summed E-state index contributed by atoms with van der Waals surface area (Å²) in [6, 6.07) is 12.5. The second-order valence-corrected chi connectivity index (χ2v) is 7.32. The number of fused-ring (bicyclic) bond motifs is 1. The smallest absolute Gasteiger partial charge is 0.403 e. The van der Waals surface area contributed by atoms with Gasteiger partial charge in [0.2, 0.25) is 0 Å². The summed E-state index contributed by atoms with van der Waals surface area (Å²) in [4.78, 5) is 22.5. The Bertz CT molecular complexity index is 827. The highest BCUT2D eigenvalue weighted by molar-refractivity contribution is 9.10. The fourth-order valence-electron chi connectivity index (χ4n) is 1.86. The van der Waals surface area contributed by atoms with E-state index in [1.165, 1.54) is 17.4 Å². The van der Waals surface area contributed by atoms with E-state index in [4.69, 9.17) is 14.3 Å². The Morgan fingerprint density at radius 1 is 1.19 bits per heavy atom. The minimum Gasteiger partial charge on any atom is -0.403 e. The first kappa shape index (κ1) is 14.7. The maximum atomic E-state index is 11.1. The second-order valence-electron chi connectivity index (χ2n) is 4.21. The molecule has 0 spiro atoms. The van der Waals surface area contributed by atoms with Gasteiger partial charge in [0, 0.05) is 4.47 Å². The molecular weight excluding hydrogens is 377 g/mol. The average Bonchev–Trinajstić information content (AvgIpc) is 2.83. The largest absolute Gasteiger partial charge is 0.524 e. The van der Waals surface area contributed by atoms with Crippen molar-refractivity contribution in [3.8, 4) is 16.3 Å². The van der Waals surface area contributed by atoms with Gasteiger partial charge in [-0.2, -0.15) is 0 Å². The molecule has 0 aliphatic carbocycles. The number of nitrogens with zero attached hydrogens (tertiary/aromatic N) is 1. The van der Waals surface area contributed by atoms with Gasteiger partial charge in [-0.15, -0.1) is 11.3 Å². The molecule has 3 aromatic rings. The number of benzene rings is 2. The molecule has 0 amide bonds. The maximum Gasteiger partial charge on any atom is 0.524 e. The molecule has 108 valence electrons. The molecule has 0 radical (unpaired) electrons. The normalized spacial score (nSPS) is 11.8. The summed E-state index contributed by atoms with van der Waals surface area (Å²) in [5.74, 6) is 0.102. The minimum atomic E-state index is -4.62. The fourth-order valence-corrected chi connectivity index (χ4v) is 3.63. The van der Waals surface area contributed by atoms with Crippen LogP contribution in [0, 0.1) is 0 Å². The Morgan fingerprint density at radius 2 is 1.95 bits per heavy atom. The average molecular weight is 386 g/mol. The van der Waals surface area contributed by atoms with Crippen LogP contribution in [0.15, 0.2) is 46.9 Å². The number of halogens is 1. The predicted molar refractivity (Wildman–Crippen MR) is 85.4 cm³/mol. The molecule has 1 aromatic heterocycles. The molecule has 0 saturated carbocycles. The third-order valence-corrected chi connectivity index (χ3v) is 4.68. The highest BCUT2D eigenvalue weighted by atomic mass is 79.9. The van der Waals surface area contributed by atoms with E-state index in [0.29, 0.717) is 10.6 Å². The summed E-state index contributed by atoms with van der Waals surface area (Å²) >= 11 is 4.78. The van der Waals surface area contributed by atoms with Crippen LogP contribution in [0.4, 0.5) is 0 Å². The van der Waals surface area contributed by atoms with Gasteiger partial charge in [0.1, 0.15) is 10.8 Å². The van der Waals surface area contributed by atoms with Crippen molar-refractivity contribution in [1.29, 1.82) is 0 Å². The monoisotopic (exact) mass is 385 g/mol. The standard InChI is InChI=1S/C13H9BrNO4PS/c14-8-5-6-11(19-20(16,17)18)9(7-8)13-15-10-3-1-2-4-12(10)21-13/h1-7H,(H2,16,17,18). The van der Waals surface area contributed by atoms with Crippen LogP contribution in [-0.4, -0.2) is 14.8 Å². The van der Waals surface area contributed by atoms with E-state index in [0.717, 1.165) is 14.7 Å². The van der Waals surface area contributed by atoms with Crippen molar-refractivity contribution in [3.63, 3.8) is 0 Å². The Morgan fingerprint density at radius 3 is 2.67 bits per heavy atom. The lowest BCUT2D eigenvalue weighted by molar-refractivity contribution is 0.283. The van der Waals surface area contributed by atoms with E-state index in [1.807, 2.05) is 24.3 Å². The number of hydrogen-bond acceptors (Lipinski definition) is 4. The van der Waals surface area contributed by atoms with E-state index in [-0.39, 0.29) is 5.75 Å². The van der Waals surface area contributed by atoms with Crippen molar-refractivity contribution in [1.82, 2.24) is 4.98 Å². The number of hydrogen-bond donors (Lipinski definition) is 2. The van der Waals surface area contributed by atoms with Gasteiger partial charge in [-0.1, -0.05) is 28.1 Å². The molecule has 21 heavy (non-hydrogen) atoms.